The quantitative estimate of drug-likeness (QED) is 0.885. The van der Waals surface area contributed by atoms with Gasteiger partial charge >= 0.3 is 0 Å². The summed E-state index contributed by atoms with van der Waals surface area (Å²) in [5.74, 6) is 0.209. The number of carbonyl (C=O) groups is 2. The van der Waals surface area contributed by atoms with Crippen molar-refractivity contribution in [3.63, 3.8) is 0 Å². The van der Waals surface area contributed by atoms with Gasteiger partial charge in [0.25, 0.3) is 0 Å². The van der Waals surface area contributed by atoms with E-state index in [2.05, 4.69) is 16.4 Å². The van der Waals surface area contributed by atoms with E-state index in [0.717, 1.165) is 55.2 Å². The summed E-state index contributed by atoms with van der Waals surface area (Å²) in [4.78, 5) is 30.3. The fourth-order valence-corrected chi connectivity index (χ4v) is 3.51. The van der Waals surface area contributed by atoms with Gasteiger partial charge < -0.3 is 15.2 Å². The third kappa shape index (κ3) is 3.03. The molecule has 1 saturated carbocycles. The van der Waals surface area contributed by atoms with Crippen LogP contribution < -0.4 is 5.32 Å². The number of fused-ring (bicyclic) bond motifs is 1. The van der Waals surface area contributed by atoms with Crippen molar-refractivity contribution in [1.29, 1.82) is 0 Å². The van der Waals surface area contributed by atoms with Crippen molar-refractivity contribution in [2.24, 2.45) is 5.92 Å². The number of hydrogen-bond acceptors (Lipinski definition) is 2. The molecule has 0 unspecified atom stereocenters. The van der Waals surface area contributed by atoms with Crippen molar-refractivity contribution in [3.05, 3.63) is 36.0 Å². The molecule has 2 N–H and O–H groups in total. The molecule has 24 heavy (non-hydrogen) atoms. The molecule has 1 aliphatic heterocycles. The smallest absolute Gasteiger partial charge is 0.245 e. The van der Waals surface area contributed by atoms with Crippen molar-refractivity contribution in [3.8, 4) is 0 Å². The van der Waals surface area contributed by atoms with Crippen LogP contribution in [0.25, 0.3) is 10.9 Å². The number of benzene rings is 1. The fraction of sp³-hybridized carbons (Fsp3) is 0.474. The van der Waals surface area contributed by atoms with Gasteiger partial charge in [0, 0.05) is 42.5 Å². The maximum Gasteiger partial charge on any atom is 0.245 e. The predicted octanol–water partition coefficient (Wildman–Crippen LogP) is 2.23. The van der Waals surface area contributed by atoms with Crippen LogP contribution in [0.3, 0.4) is 0 Å². The lowest BCUT2D eigenvalue weighted by atomic mass is 10.0. The van der Waals surface area contributed by atoms with Crippen LogP contribution in [0.1, 0.15) is 31.2 Å². The summed E-state index contributed by atoms with van der Waals surface area (Å²) in [6, 6.07) is 7.61. The van der Waals surface area contributed by atoms with Crippen molar-refractivity contribution in [1.82, 2.24) is 15.2 Å². The van der Waals surface area contributed by atoms with Gasteiger partial charge in [-0.05, 0) is 37.3 Å². The van der Waals surface area contributed by atoms with Crippen molar-refractivity contribution < 1.29 is 9.59 Å². The van der Waals surface area contributed by atoms with Crippen LogP contribution in [-0.2, 0) is 16.0 Å². The van der Waals surface area contributed by atoms with Crippen molar-refractivity contribution in [2.75, 3.05) is 13.1 Å². The van der Waals surface area contributed by atoms with Crippen molar-refractivity contribution >= 4 is 22.7 Å². The Bertz CT molecular complexity index is 757. The summed E-state index contributed by atoms with van der Waals surface area (Å²) < 4.78 is 0. The zero-order valence-electron chi connectivity index (χ0n) is 13.8. The number of rotatable bonds is 5. The van der Waals surface area contributed by atoms with Crippen LogP contribution in [0, 0.1) is 5.92 Å². The van der Waals surface area contributed by atoms with E-state index in [0.29, 0.717) is 6.42 Å². The maximum absolute atomic E-state index is 12.9. The van der Waals surface area contributed by atoms with Gasteiger partial charge in [0.15, 0.2) is 0 Å². The number of hydrogen-bond donors (Lipinski definition) is 2. The highest BCUT2D eigenvalue weighted by Gasteiger charge is 2.34. The summed E-state index contributed by atoms with van der Waals surface area (Å²) in [7, 11) is 0. The fourth-order valence-electron chi connectivity index (χ4n) is 3.51. The number of nitrogens with zero attached hydrogens (tertiary/aromatic N) is 1. The van der Waals surface area contributed by atoms with Gasteiger partial charge in [-0.2, -0.15) is 0 Å². The zero-order chi connectivity index (χ0) is 16.5. The molecule has 1 aromatic carbocycles. The number of aromatic amines is 1. The zero-order valence-corrected chi connectivity index (χ0v) is 13.8. The molecule has 2 fully saturated rings. The lowest BCUT2D eigenvalue weighted by Crippen LogP contribution is -2.49. The Morgan fingerprint density at radius 1 is 1.21 bits per heavy atom. The van der Waals surface area contributed by atoms with E-state index in [1.807, 2.05) is 29.3 Å². The Morgan fingerprint density at radius 2 is 1.96 bits per heavy atom. The predicted molar refractivity (Wildman–Crippen MR) is 92.5 cm³/mol. The minimum atomic E-state index is -0.463. The van der Waals surface area contributed by atoms with E-state index < -0.39 is 6.04 Å². The second kappa shape index (κ2) is 6.30. The highest BCUT2D eigenvalue weighted by molar-refractivity contribution is 5.91. The number of H-pyrrole nitrogens is 1. The molecule has 1 saturated heterocycles. The van der Waals surface area contributed by atoms with Gasteiger partial charge in [0.2, 0.25) is 11.8 Å². The first-order chi connectivity index (χ1) is 11.7. The molecule has 2 aliphatic rings. The average Bonchev–Trinajstić information content (AvgIpc) is 3.16. The molecule has 2 amide bonds. The molecule has 0 spiro atoms. The highest BCUT2D eigenvalue weighted by atomic mass is 16.2. The first kappa shape index (κ1) is 15.2. The van der Waals surface area contributed by atoms with Gasteiger partial charge in [0.05, 0.1) is 0 Å². The molecule has 1 aromatic heterocycles. The minimum Gasteiger partial charge on any atom is -0.361 e. The molecule has 0 bridgehead atoms. The van der Waals surface area contributed by atoms with Crippen LogP contribution in [0.2, 0.25) is 0 Å². The van der Waals surface area contributed by atoms with Crippen molar-refractivity contribution in [2.45, 2.75) is 38.1 Å². The Balaban J connectivity index is 1.56. The summed E-state index contributed by atoms with van der Waals surface area (Å²) in [6.45, 7) is 1.62. The number of carbonyl (C=O) groups excluding carboxylic acids is 2. The number of para-hydroxylation sites is 1. The van der Waals surface area contributed by atoms with Gasteiger partial charge in [-0.25, -0.2) is 0 Å². The lowest BCUT2D eigenvalue weighted by Gasteiger charge is -2.24. The number of aromatic nitrogens is 1. The van der Waals surface area contributed by atoms with E-state index in [1.165, 1.54) is 0 Å². The van der Waals surface area contributed by atoms with Gasteiger partial charge in [-0.1, -0.05) is 18.2 Å². The monoisotopic (exact) mass is 325 g/mol. The third-order valence-electron chi connectivity index (χ3n) is 5.08. The largest absolute Gasteiger partial charge is 0.361 e. The standard InChI is InChI=1S/C19H23N3O2/c23-18(13-7-8-13)21-17(19(24)22-9-3-4-10-22)11-14-12-20-16-6-2-1-5-15(14)16/h1-2,5-6,12-13,17,20H,3-4,7-11H2,(H,21,23)/t17-/m1/s1. The highest BCUT2D eigenvalue weighted by Crippen LogP contribution is 2.29. The molecule has 5 nitrogen and oxygen atoms in total. The third-order valence-corrected chi connectivity index (χ3v) is 5.08. The van der Waals surface area contributed by atoms with E-state index in [9.17, 15) is 9.59 Å². The topological polar surface area (TPSA) is 65.2 Å². The SMILES string of the molecule is O=C(N[C@H](Cc1c[nH]c2ccccc12)C(=O)N1CCCC1)C1CC1. The number of nitrogens with one attached hydrogen (secondary N) is 2. The Labute approximate surface area is 141 Å². The van der Waals surface area contributed by atoms with Crippen LogP contribution in [-0.4, -0.2) is 40.8 Å². The second-order valence-corrected chi connectivity index (χ2v) is 6.93. The molecule has 2 heterocycles. The van der Waals surface area contributed by atoms with Crippen LogP contribution in [0.4, 0.5) is 0 Å². The van der Waals surface area contributed by atoms with Crippen LogP contribution >= 0.6 is 0 Å². The normalized spacial score (nSPS) is 18.8. The Morgan fingerprint density at radius 3 is 2.71 bits per heavy atom. The Hall–Kier alpha value is -2.30. The number of amides is 2. The molecule has 5 heteroatoms. The van der Waals surface area contributed by atoms with Crippen LogP contribution in [0.15, 0.2) is 30.5 Å². The summed E-state index contributed by atoms with van der Waals surface area (Å²) >= 11 is 0. The molecular weight excluding hydrogens is 302 g/mol. The van der Waals surface area contributed by atoms with E-state index in [4.69, 9.17) is 0 Å². The maximum atomic E-state index is 12.9. The molecular formula is C19H23N3O2. The van der Waals surface area contributed by atoms with Gasteiger partial charge in [-0.15, -0.1) is 0 Å². The van der Waals surface area contributed by atoms with E-state index in [-0.39, 0.29) is 17.7 Å². The summed E-state index contributed by atoms with van der Waals surface area (Å²) in [6.07, 6.45) is 6.51. The molecule has 1 atom stereocenters. The second-order valence-electron chi connectivity index (χ2n) is 6.93. The molecule has 2 aromatic rings. The summed E-state index contributed by atoms with van der Waals surface area (Å²) in [5.41, 5.74) is 2.15. The lowest BCUT2D eigenvalue weighted by molar-refractivity contribution is -0.135. The van der Waals surface area contributed by atoms with Gasteiger partial charge in [0.1, 0.15) is 6.04 Å². The number of likely N-dealkylation sites (tertiary alicyclic amines) is 1. The van der Waals surface area contributed by atoms with Gasteiger partial charge in [-0.3, -0.25) is 9.59 Å². The molecule has 1 aliphatic carbocycles. The molecule has 0 radical (unpaired) electrons. The first-order valence-corrected chi connectivity index (χ1v) is 8.86. The van der Waals surface area contributed by atoms with E-state index in [1.54, 1.807) is 0 Å². The average molecular weight is 325 g/mol. The molecule has 126 valence electrons. The van der Waals surface area contributed by atoms with E-state index >= 15 is 0 Å². The summed E-state index contributed by atoms with van der Waals surface area (Å²) in [5, 5.41) is 4.14. The molecule has 4 rings (SSSR count). The minimum absolute atomic E-state index is 0.0346. The Kier molecular flexibility index (Phi) is 4.00. The first-order valence-electron chi connectivity index (χ1n) is 8.86. The van der Waals surface area contributed by atoms with Crippen LogP contribution in [0.5, 0.6) is 0 Å².